The lowest BCUT2D eigenvalue weighted by atomic mass is 9.94. The van der Waals surface area contributed by atoms with Gasteiger partial charge in [-0.25, -0.2) is 9.59 Å². The van der Waals surface area contributed by atoms with Crippen molar-refractivity contribution >= 4 is 45.0 Å². The molecule has 4 aromatic rings. The molecule has 254 valence electrons. The van der Waals surface area contributed by atoms with Crippen LogP contribution in [0.1, 0.15) is 64.2 Å². The van der Waals surface area contributed by atoms with Crippen LogP contribution in [-0.4, -0.2) is 73.5 Å². The molecule has 0 aromatic heterocycles. The minimum atomic E-state index is -0.0670. The summed E-state index contributed by atoms with van der Waals surface area (Å²) in [5.41, 5.74) is 1.67. The standard InChI is InChI=1S/C40H50N4O4/c45-39(41-37-23-11-15-31-13-7-9-21-35(31)37)43(33-17-3-1-4-18-33)25-27-47-29-30-48-28-26-44(34-19-5-2-6-20-34)40(46)42-38-24-12-16-32-14-8-10-22-36(32)38/h7-16,21-24,33-34H,1-6,17-20,25-30H2,(H,41,45)(H,42,46). The van der Waals surface area contributed by atoms with E-state index in [1.165, 1.54) is 12.8 Å². The zero-order valence-electron chi connectivity index (χ0n) is 28.1. The summed E-state index contributed by atoms with van der Waals surface area (Å²) in [6.45, 7) is 2.84. The van der Waals surface area contributed by atoms with Gasteiger partial charge >= 0.3 is 12.1 Å². The zero-order chi connectivity index (χ0) is 33.0. The molecule has 0 aliphatic heterocycles. The van der Waals surface area contributed by atoms with Crippen LogP contribution in [0.4, 0.5) is 21.0 Å². The largest absolute Gasteiger partial charge is 0.377 e. The number of hydrogen-bond acceptors (Lipinski definition) is 4. The zero-order valence-corrected chi connectivity index (χ0v) is 28.1. The van der Waals surface area contributed by atoms with Gasteiger partial charge in [-0.1, -0.05) is 111 Å². The molecule has 8 nitrogen and oxygen atoms in total. The predicted octanol–water partition coefficient (Wildman–Crippen LogP) is 9.06. The van der Waals surface area contributed by atoms with Gasteiger partial charge in [-0.15, -0.1) is 0 Å². The lowest BCUT2D eigenvalue weighted by molar-refractivity contribution is 0.0294. The highest BCUT2D eigenvalue weighted by molar-refractivity contribution is 6.02. The van der Waals surface area contributed by atoms with E-state index in [2.05, 4.69) is 34.9 Å². The lowest BCUT2D eigenvalue weighted by Gasteiger charge is -2.34. The van der Waals surface area contributed by atoms with Crippen molar-refractivity contribution in [3.05, 3.63) is 84.9 Å². The normalized spacial score (nSPS) is 15.8. The second-order valence-electron chi connectivity index (χ2n) is 13.1. The predicted molar refractivity (Wildman–Crippen MR) is 195 cm³/mol. The average molecular weight is 651 g/mol. The lowest BCUT2D eigenvalue weighted by Crippen LogP contribution is -2.46. The minimum Gasteiger partial charge on any atom is -0.377 e. The molecule has 48 heavy (non-hydrogen) atoms. The molecule has 4 amide bonds. The number of urea groups is 2. The van der Waals surface area contributed by atoms with Gasteiger partial charge in [0.05, 0.1) is 37.8 Å². The van der Waals surface area contributed by atoms with Gasteiger partial charge < -0.3 is 29.9 Å². The second kappa shape index (κ2) is 17.3. The van der Waals surface area contributed by atoms with Gasteiger partial charge in [0.2, 0.25) is 0 Å². The van der Waals surface area contributed by atoms with E-state index < -0.39 is 0 Å². The summed E-state index contributed by atoms with van der Waals surface area (Å²) >= 11 is 0. The number of nitrogens with one attached hydrogen (secondary N) is 2. The number of amides is 4. The van der Waals surface area contributed by atoms with Gasteiger partial charge in [0, 0.05) is 35.9 Å². The number of fused-ring (bicyclic) bond motifs is 2. The van der Waals surface area contributed by atoms with Crippen molar-refractivity contribution in [2.45, 2.75) is 76.3 Å². The quantitative estimate of drug-likeness (QED) is 0.142. The summed E-state index contributed by atoms with van der Waals surface area (Å²) in [6, 6.07) is 28.6. The average Bonchev–Trinajstić information content (AvgIpc) is 3.13. The Morgan fingerprint density at radius 1 is 0.521 bits per heavy atom. The third-order valence-corrected chi connectivity index (χ3v) is 9.94. The van der Waals surface area contributed by atoms with E-state index in [1.807, 2.05) is 70.5 Å². The van der Waals surface area contributed by atoms with E-state index in [4.69, 9.17) is 9.47 Å². The van der Waals surface area contributed by atoms with Gasteiger partial charge in [-0.2, -0.15) is 0 Å². The highest BCUT2D eigenvalue weighted by Crippen LogP contribution is 2.28. The molecular formula is C40H50N4O4. The Kier molecular flexibility index (Phi) is 12.2. The topological polar surface area (TPSA) is 83.1 Å². The van der Waals surface area contributed by atoms with Gasteiger partial charge in [-0.3, -0.25) is 0 Å². The van der Waals surface area contributed by atoms with E-state index in [1.54, 1.807) is 0 Å². The van der Waals surface area contributed by atoms with Crippen molar-refractivity contribution in [2.24, 2.45) is 0 Å². The molecule has 0 spiro atoms. The fourth-order valence-corrected chi connectivity index (χ4v) is 7.38. The van der Waals surface area contributed by atoms with Crippen molar-refractivity contribution in [3.8, 4) is 0 Å². The molecule has 0 radical (unpaired) electrons. The van der Waals surface area contributed by atoms with Crippen LogP contribution in [0.5, 0.6) is 0 Å². The van der Waals surface area contributed by atoms with Crippen LogP contribution in [0.15, 0.2) is 84.9 Å². The summed E-state index contributed by atoms with van der Waals surface area (Å²) in [6.07, 6.45) is 11.2. The van der Waals surface area contributed by atoms with E-state index in [-0.39, 0.29) is 24.1 Å². The highest BCUT2D eigenvalue weighted by atomic mass is 16.5. The fraction of sp³-hybridized carbons (Fsp3) is 0.450. The van der Waals surface area contributed by atoms with Crippen LogP contribution in [0.2, 0.25) is 0 Å². The monoisotopic (exact) mass is 650 g/mol. The summed E-state index contributed by atoms with van der Waals surface area (Å²) in [7, 11) is 0. The first-order valence-corrected chi connectivity index (χ1v) is 17.9. The summed E-state index contributed by atoms with van der Waals surface area (Å²) in [4.78, 5) is 31.1. The molecule has 6 rings (SSSR count). The summed E-state index contributed by atoms with van der Waals surface area (Å²) in [5.74, 6) is 0. The van der Waals surface area contributed by atoms with Crippen molar-refractivity contribution in [2.75, 3.05) is 50.2 Å². The van der Waals surface area contributed by atoms with Crippen LogP contribution in [0.25, 0.3) is 21.5 Å². The molecule has 0 unspecified atom stereocenters. The SMILES string of the molecule is O=C(Nc1cccc2ccccc12)N(CCOCCOCCN(C(=O)Nc1cccc2ccccc12)C1CCCCC1)C1CCCCC1. The Labute approximate surface area is 284 Å². The van der Waals surface area contributed by atoms with Crippen LogP contribution in [-0.2, 0) is 9.47 Å². The number of ether oxygens (including phenoxy) is 2. The molecule has 0 heterocycles. The third-order valence-electron chi connectivity index (χ3n) is 9.94. The Hall–Kier alpha value is -4.14. The van der Waals surface area contributed by atoms with Gasteiger partial charge in [0.25, 0.3) is 0 Å². The van der Waals surface area contributed by atoms with E-state index in [0.29, 0.717) is 39.5 Å². The Bertz CT molecular complexity index is 1500. The molecule has 2 fully saturated rings. The Morgan fingerprint density at radius 3 is 1.35 bits per heavy atom. The fourth-order valence-electron chi connectivity index (χ4n) is 7.38. The number of hydrogen-bond donors (Lipinski definition) is 2. The first kappa shape index (κ1) is 33.7. The van der Waals surface area contributed by atoms with Crippen LogP contribution in [0, 0.1) is 0 Å². The number of benzene rings is 4. The number of anilines is 2. The second-order valence-corrected chi connectivity index (χ2v) is 13.1. The van der Waals surface area contributed by atoms with E-state index in [9.17, 15) is 9.59 Å². The van der Waals surface area contributed by atoms with E-state index in [0.717, 1.165) is 84.3 Å². The number of nitrogens with zero attached hydrogens (tertiary/aromatic N) is 2. The van der Waals surface area contributed by atoms with Gasteiger partial charge in [0.15, 0.2) is 0 Å². The third kappa shape index (κ3) is 8.85. The number of carbonyl (C=O) groups excluding carboxylic acids is 2. The van der Waals surface area contributed by atoms with Crippen LogP contribution in [0.3, 0.4) is 0 Å². The molecular weight excluding hydrogens is 600 g/mol. The Morgan fingerprint density at radius 2 is 0.917 bits per heavy atom. The van der Waals surface area contributed by atoms with Crippen molar-refractivity contribution < 1.29 is 19.1 Å². The molecule has 2 N–H and O–H groups in total. The molecule has 8 heteroatoms. The Balaban J connectivity index is 0.971. The molecule has 0 bridgehead atoms. The van der Waals surface area contributed by atoms with Crippen molar-refractivity contribution in [1.82, 2.24) is 9.80 Å². The molecule has 2 aliphatic carbocycles. The first-order valence-electron chi connectivity index (χ1n) is 17.9. The molecule has 0 atom stereocenters. The summed E-state index contributed by atoms with van der Waals surface area (Å²) in [5, 5.41) is 10.7. The smallest absolute Gasteiger partial charge is 0.322 e. The van der Waals surface area contributed by atoms with Gasteiger partial charge in [-0.05, 0) is 48.6 Å². The maximum atomic E-state index is 13.6. The minimum absolute atomic E-state index is 0.0670. The number of carbonyl (C=O) groups is 2. The molecule has 2 saturated carbocycles. The molecule has 0 saturated heterocycles. The molecule has 4 aromatic carbocycles. The summed E-state index contributed by atoms with van der Waals surface area (Å²) < 4.78 is 12.0. The highest BCUT2D eigenvalue weighted by Gasteiger charge is 2.27. The van der Waals surface area contributed by atoms with Crippen LogP contribution >= 0.6 is 0 Å². The van der Waals surface area contributed by atoms with E-state index >= 15 is 0 Å². The first-order chi connectivity index (χ1) is 23.7. The van der Waals surface area contributed by atoms with Crippen molar-refractivity contribution in [3.63, 3.8) is 0 Å². The van der Waals surface area contributed by atoms with Crippen LogP contribution < -0.4 is 10.6 Å². The molecule has 2 aliphatic rings. The maximum absolute atomic E-state index is 13.6. The number of rotatable bonds is 13. The van der Waals surface area contributed by atoms with Crippen molar-refractivity contribution in [1.29, 1.82) is 0 Å². The van der Waals surface area contributed by atoms with Gasteiger partial charge in [0.1, 0.15) is 0 Å². The maximum Gasteiger partial charge on any atom is 0.322 e.